The maximum Gasteiger partial charge on any atom is 0.419 e. The lowest BCUT2D eigenvalue weighted by molar-refractivity contribution is -0.138. The van der Waals surface area contributed by atoms with Gasteiger partial charge in [-0.2, -0.15) is 13.2 Å². The third-order valence-electron chi connectivity index (χ3n) is 8.90. The van der Waals surface area contributed by atoms with Gasteiger partial charge >= 0.3 is 6.18 Å². The van der Waals surface area contributed by atoms with Crippen molar-refractivity contribution in [3.8, 4) is 5.75 Å². The fourth-order valence-electron chi connectivity index (χ4n) is 6.37. The van der Waals surface area contributed by atoms with Crippen LogP contribution in [0.4, 0.5) is 24.8 Å². The molecule has 3 heterocycles. The van der Waals surface area contributed by atoms with Gasteiger partial charge in [0.05, 0.1) is 24.6 Å². The molecule has 1 saturated heterocycles. The lowest BCUT2D eigenvalue weighted by atomic mass is 9.76. The molecule has 13 heteroatoms. The number of anilines is 2. The summed E-state index contributed by atoms with van der Waals surface area (Å²) in [5.41, 5.74) is -0.777. The predicted molar refractivity (Wildman–Crippen MR) is 166 cm³/mol. The van der Waals surface area contributed by atoms with Crippen LogP contribution in [0.2, 0.25) is 0 Å². The average Bonchev–Trinajstić information content (AvgIpc) is 3.01. The van der Waals surface area contributed by atoms with Gasteiger partial charge in [0.15, 0.2) is 0 Å². The summed E-state index contributed by atoms with van der Waals surface area (Å²) in [4.78, 5) is 41.6. The van der Waals surface area contributed by atoms with Gasteiger partial charge in [0.2, 0.25) is 11.9 Å². The summed E-state index contributed by atoms with van der Waals surface area (Å²) in [6.07, 6.45) is 6.08. The van der Waals surface area contributed by atoms with Crippen molar-refractivity contribution in [2.75, 3.05) is 39.1 Å². The molecular weight excluding hydrogens is 587 g/mol. The van der Waals surface area contributed by atoms with Gasteiger partial charge in [0.25, 0.3) is 5.91 Å². The van der Waals surface area contributed by atoms with Crippen LogP contribution >= 0.6 is 0 Å². The van der Waals surface area contributed by atoms with E-state index in [1.165, 1.54) is 25.4 Å². The summed E-state index contributed by atoms with van der Waals surface area (Å²) in [5, 5.41) is 5.90. The van der Waals surface area contributed by atoms with Crippen LogP contribution in [0.25, 0.3) is 6.08 Å². The molecule has 1 unspecified atom stereocenters. The summed E-state index contributed by atoms with van der Waals surface area (Å²) < 4.78 is 47.4. The quantitative estimate of drug-likeness (QED) is 0.352. The molecule has 2 aromatic rings. The number of carbonyl (C=O) groups excluding carboxylic acids is 2. The Morgan fingerprint density at radius 3 is 2.51 bits per heavy atom. The van der Waals surface area contributed by atoms with Crippen molar-refractivity contribution in [1.29, 1.82) is 0 Å². The number of amides is 2. The van der Waals surface area contributed by atoms with E-state index in [1.54, 1.807) is 13.0 Å². The van der Waals surface area contributed by atoms with Crippen molar-refractivity contribution in [3.05, 3.63) is 41.5 Å². The van der Waals surface area contributed by atoms with Crippen LogP contribution in [0.5, 0.6) is 5.75 Å². The van der Waals surface area contributed by atoms with Crippen molar-refractivity contribution in [2.24, 2.45) is 11.8 Å². The van der Waals surface area contributed by atoms with Crippen molar-refractivity contribution in [1.82, 2.24) is 30.1 Å². The second-order valence-corrected chi connectivity index (χ2v) is 12.0. The maximum atomic E-state index is 14.0. The summed E-state index contributed by atoms with van der Waals surface area (Å²) >= 11 is 0. The SMILES string of the molecule is CCN(C(C)=O)[C@@H]1CCCCC1[C@@H](C)/C=C/c1nc(Nc2cnc(C(=O)NC3CCN(C)CC3)cc2OC)ncc1C(F)(F)F. The second kappa shape index (κ2) is 15.0. The fraction of sp³-hybridized carbons (Fsp3) is 0.594. The Kier molecular flexibility index (Phi) is 11.4. The van der Waals surface area contributed by atoms with Crippen LogP contribution in [0, 0.1) is 11.8 Å². The summed E-state index contributed by atoms with van der Waals surface area (Å²) in [5.74, 6) is -0.100. The minimum absolute atomic E-state index is 0.00675. The third kappa shape index (κ3) is 8.71. The molecule has 2 aliphatic rings. The van der Waals surface area contributed by atoms with E-state index < -0.39 is 11.7 Å². The number of carbonyl (C=O) groups is 2. The highest BCUT2D eigenvalue weighted by Crippen LogP contribution is 2.36. The molecule has 10 nitrogen and oxygen atoms in total. The molecule has 2 fully saturated rings. The van der Waals surface area contributed by atoms with Gasteiger partial charge in [-0.15, -0.1) is 0 Å². The van der Waals surface area contributed by atoms with Crippen LogP contribution in [0.1, 0.15) is 81.0 Å². The first-order valence-corrected chi connectivity index (χ1v) is 15.6. The highest BCUT2D eigenvalue weighted by molar-refractivity contribution is 5.93. The molecule has 4 rings (SSSR count). The highest BCUT2D eigenvalue weighted by Gasteiger charge is 2.36. The van der Waals surface area contributed by atoms with E-state index in [9.17, 15) is 22.8 Å². The van der Waals surface area contributed by atoms with E-state index in [2.05, 4.69) is 30.5 Å². The molecule has 2 N–H and O–H groups in total. The number of pyridine rings is 1. The number of likely N-dealkylation sites (tertiary alicyclic amines) is 1. The number of methoxy groups -OCH3 is 1. The number of hydrogen-bond acceptors (Lipinski definition) is 8. The number of hydrogen-bond donors (Lipinski definition) is 2. The van der Waals surface area contributed by atoms with Gasteiger partial charge in [0, 0.05) is 37.8 Å². The molecular formula is C32H44F3N7O3. The predicted octanol–water partition coefficient (Wildman–Crippen LogP) is 5.54. The topological polar surface area (TPSA) is 113 Å². The molecule has 1 saturated carbocycles. The van der Waals surface area contributed by atoms with E-state index in [1.807, 2.05) is 25.8 Å². The van der Waals surface area contributed by atoms with Crippen LogP contribution in [0.3, 0.4) is 0 Å². The van der Waals surface area contributed by atoms with E-state index >= 15 is 0 Å². The molecule has 2 amide bonds. The van der Waals surface area contributed by atoms with Gasteiger partial charge in [-0.3, -0.25) is 9.59 Å². The summed E-state index contributed by atoms with van der Waals surface area (Å²) in [6.45, 7) is 7.86. The van der Waals surface area contributed by atoms with E-state index in [0.29, 0.717) is 12.2 Å². The first-order valence-electron chi connectivity index (χ1n) is 15.6. The zero-order valence-corrected chi connectivity index (χ0v) is 26.7. The molecule has 45 heavy (non-hydrogen) atoms. The Labute approximate surface area is 262 Å². The van der Waals surface area contributed by atoms with Gasteiger partial charge < -0.3 is 25.2 Å². The maximum absolute atomic E-state index is 14.0. The van der Waals surface area contributed by atoms with Crippen molar-refractivity contribution in [3.63, 3.8) is 0 Å². The molecule has 0 radical (unpaired) electrons. The monoisotopic (exact) mass is 631 g/mol. The molecule has 0 spiro atoms. The Hall–Kier alpha value is -3.74. The molecule has 1 aliphatic carbocycles. The lowest BCUT2D eigenvalue weighted by Crippen LogP contribution is -2.46. The highest BCUT2D eigenvalue weighted by atomic mass is 19.4. The molecule has 3 atom stereocenters. The third-order valence-corrected chi connectivity index (χ3v) is 8.90. The number of nitrogens with one attached hydrogen (secondary N) is 2. The van der Waals surface area contributed by atoms with E-state index in [0.717, 1.165) is 57.8 Å². The minimum atomic E-state index is -4.66. The van der Waals surface area contributed by atoms with E-state index in [4.69, 9.17) is 4.74 Å². The van der Waals surface area contributed by atoms with Crippen LogP contribution < -0.4 is 15.4 Å². The number of nitrogens with zero attached hydrogens (tertiary/aromatic N) is 5. The lowest BCUT2D eigenvalue weighted by Gasteiger charge is -2.41. The molecule has 0 bridgehead atoms. The number of halogens is 3. The van der Waals surface area contributed by atoms with E-state index in [-0.39, 0.29) is 58.8 Å². The smallest absolute Gasteiger partial charge is 0.419 e. The number of piperidine rings is 1. The molecule has 1 aliphatic heterocycles. The van der Waals surface area contributed by atoms with Gasteiger partial charge in [0.1, 0.15) is 17.1 Å². The van der Waals surface area contributed by atoms with Gasteiger partial charge in [-0.25, -0.2) is 15.0 Å². The van der Waals surface area contributed by atoms with Crippen LogP contribution in [-0.2, 0) is 11.0 Å². The van der Waals surface area contributed by atoms with Gasteiger partial charge in [-0.05, 0) is 70.7 Å². The minimum Gasteiger partial charge on any atom is -0.494 e. The van der Waals surface area contributed by atoms with Crippen LogP contribution in [-0.4, -0.2) is 82.4 Å². The first-order chi connectivity index (χ1) is 21.4. The zero-order valence-electron chi connectivity index (χ0n) is 26.7. The largest absolute Gasteiger partial charge is 0.494 e. The van der Waals surface area contributed by atoms with Crippen molar-refractivity contribution < 1.29 is 27.5 Å². The Morgan fingerprint density at radius 2 is 1.87 bits per heavy atom. The van der Waals surface area contributed by atoms with Crippen molar-refractivity contribution in [2.45, 2.75) is 77.6 Å². The van der Waals surface area contributed by atoms with Crippen LogP contribution in [0.15, 0.2) is 24.5 Å². The molecule has 2 aromatic heterocycles. The number of alkyl halides is 3. The number of allylic oxidation sites excluding steroid dienone is 1. The van der Waals surface area contributed by atoms with Gasteiger partial charge in [-0.1, -0.05) is 25.8 Å². The number of ether oxygens (including phenoxy) is 1. The summed E-state index contributed by atoms with van der Waals surface area (Å²) in [6, 6.07) is 1.57. The Morgan fingerprint density at radius 1 is 1.16 bits per heavy atom. The standard InChI is InChI=1S/C32H44F3N7O3/c1-6-42(21(3)43)28-10-8-7-9-23(28)20(2)11-12-25-24(32(33,34)35)18-37-31(39-25)40-27-19-36-26(17-29(27)45-5)30(44)38-22-13-15-41(4)16-14-22/h11-12,17-20,22-23,28H,6-10,13-16H2,1-5H3,(H,38,44)(H,37,39,40)/b12-11+/t20-,23?,28+/m0/s1. The first kappa shape index (κ1) is 34.1. The fourth-order valence-corrected chi connectivity index (χ4v) is 6.37. The Bertz CT molecular complexity index is 1360. The molecule has 246 valence electrons. The van der Waals surface area contributed by atoms with Crippen molar-refractivity contribution >= 4 is 29.5 Å². The molecule has 0 aromatic carbocycles. The second-order valence-electron chi connectivity index (χ2n) is 12.0. The zero-order chi connectivity index (χ0) is 32.7. The Balaban J connectivity index is 1.54. The number of aromatic nitrogens is 3. The average molecular weight is 632 g/mol. The normalized spacial score (nSPS) is 20.5. The summed E-state index contributed by atoms with van der Waals surface area (Å²) in [7, 11) is 3.47. The number of rotatable bonds is 10.